The molecular formula is C16H29N3O3. The molecule has 2 saturated heterocycles. The van der Waals surface area contributed by atoms with Crippen LogP contribution in [-0.2, 0) is 14.3 Å². The number of carbonyl (C=O) groups excluding carboxylic acids is 2. The molecule has 6 nitrogen and oxygen atoms in total. The van der Waals surface area contributed by atoms with E-state index in [-0.39, 0.29) is 29.1 Å². The standard InChI is InChI=1S/C16H29N3O3/c1-15(2)11-16(12(22-15)9-14(21)18(4)5)7-6-8-19(16)10-13(20)17-3/h12H,6-11H2,1-5H3,(H,17,20)/t12-,16+/m0/s1. The Kier molecular flexibility index (Phi) is 4.82. The fraction of sp³-hybridized carbons (Fsp3) is 0.875. The van der Waals surface area contributed by atoms with Crippen LogP contribution in [0.2, 0.25) is 0 Å². The Labute approximate surface area is 133 Å². The first-order valence-electron chi connectivity index (χ1n) is 8.04. The number of carbonyl (C=O) groups is 2. The number of rotatable bonds is 4. The summed E-state index contributed by atoms with van der Waals surface area (Å²) in [7, 11) is 5.20. The summed E-state index contributed by atoms with van der Waals surface area (Å²) in [5.41, 5.74) is -0.454. The Morgan fingerprint density at radius 3 is 2.64 bits per heavy atom. The number of likely N-dealkylation sites (N-methyl/N-ethyl adjacent to an activating group) is 1. The molecule has 6 heteroatoms. The van der Waals surface area contributed by atoms with Crippen LogP contribution in [0.3, 0.4) is 0 Å². The molecule has 1 spiro atoms. The van der Waals surface area contributed by atoms with Crippen molar-refractivity contribution in [3.63, 3.8) is 0 Å². The van der Waals surface area contributed by atoms with Crippen molar-refractivity contribution in [2.75, 3.05) is 34.2 Å². The Morgan fingerprint density at radius 1 is 1.36 bits per heavy atom. The Hall–Kier alpha value is -1.14. The van der Waals surface area contributed by atoms with Gasteiger partial charge in [0.05, 0.1) is 30.2 Å². The molecule has 0 radical (unpaired) electrons. The third-order valence-corrected chi connectivity index (χ3v) is 4.93. The zero-order valence-corrected chi connectivity index (χ0v) is 14.4. The van der Waals surface area contributed by atoms with E-state index in [1.807, 2.05) is 0 Å². The number of nitrogens with one attached hydrogen (secondary N) is 1. The fourth-order valence-electron chi connectivity index (χ4n) is 3.97. The van der Waals surface area contributed by atoms with E-state index in [2.05, 4.69) is 24.1 Å². The molecule has 2 heterocycles. The first-order chi connectivity index (χ1) is 10.2. The zero-order valence-electron chi connectivity index (χ0n) is 14.4. The van der Waals surface area contributed by atoms with Crippen LogP contribution in [0.15, 0.2) is 0 Å². The second-order valence-electron chi connectivity index (χ2n) is 7.34. The molecule has 126 valence electrons. The average Bonchev–Trinajstić information content (AvgIpc) is 2.91. The second-order valence-corrected chi connectivity index (χ2v) is 7.34. The monoisotopic (exact) mass is 311 g/mol. The third-order valence-electron chi connectivity index (χ3n) is 4.93. The maximum atomic E-state index is 12.2. The highest BCUT2D eigenvalue weighted by Gasteiger charge is 2.57. The van der Waals surface area contributed by atoms with Gasteiger partial charge in [0.2, 0.25) is 11.8 Å². The molecule has 2 aliphatic heterocycles. The SMILES string of the molecule is CNC(=O)CN1CCC[C@]12CC(C)(C)O[C@H]2CC(=O)N(C)C. The zero-order chi connectivity index (χ0) is 16.5. The van der Waals surface area contributed by atoms with Gasteiger partial charge < -0.3 is 15.0 Å². The van der Waals surface area contributed by atoms with Crippen LogP contribution >= 0.6 is 0 Å². The van der Waals surface area contributed by atoms with E-state index in [1.165, 1.54) is 0 Å². The van der Waals surface area contributed by atoms with Gasteiger partial charge in [-0.25, -0.2) is 0 Å². The Morgan fingerprint density at radius 2 is 2.05 bits per heavy atom. The summed E-state index contributed by atoms with van der Waals surface area (Å²) < 4.78 is 6.23. The molecule has 0 aromatic rings. The maximum Gasteiger partial charge on any atom is 0.233 e. The van der Waals surface area contributed by atoms with Crippen LogP contribution in [0.25, 0.3) is 0 Å². The normalized spacial score (nSPS) is 30.7. The minimum Gasteiger partial charge on any atom is -0.370 e. The van der Waals surface area contributed by atoms with Gasteiger partial charge in [0.15, 0.2) is 0 Å². The lowest BCUT2D eigenvalue weighted by molar-refractivity contribution is -0.134. The minimum absolute atomic E-state index is 0.0173. The fourth-order valence-corrected chi connectivity index (χ4v) is 3.97. The van der Waals surface area contributed by atoms with Gasteiger partial charge >= 0.3 is 0 Å². The number of likely N-dealkylation sites (tertiary alicyclic amines) is 1. The van der Waals surface area contributed by atoms with Gasteiger partial charge in [0, 0.05) is 21.1 Å². The topological polar surface area (TPSA) is 61.9 Å². The predicted octanol–water partition coefficient (Wildman–Crippen LogP) is 0.613. The molecule has 0 aromatic carbocycles. The largest absolute Gasteiger partial charge is 0.370 e. The second kappa shape index (κ2) is 6.16. The molecule has 1 N–H and O–H groups in total. The lowest BCUT2D eigenvalue weighted by Crippen LogP contribution is -2.54. The van der Waals surface area contributed by atoms with Gasteiger partial charge in [0.25, 0.3) is 0 Å². The van der Waals surface area contributed by atoms with E-state index < -0.39 is 0 Å². The molecule has 22 heavy (non-hydrogen) atoms. The quantitative estimate of drug-likeness (QED) is 0.826. The number of hydrogen-bond acceptors (Lipinski definition) is 4. The van der Waals surface area contributed by atoms with Gasteiger partial charge in [-0.2, -0.15) is 0 Å². The lowest BCUT2D eigenvalue weighted by Gasteiger charge is -2.38. The molecule has 2 atom stereocenters. The van der Waals surface area contributed by atoms with Crippen molar-refractivity contribution in [2.24, 2.45) is 0 Å². The molecule has 0 bridgehead atoms. The number of hydrogen-bond donors (Lipinski definition) is 1. The highest BCUT2D eigenvalue weighted by Crippen LogP contribution is 2.48. The van der Waals surface area contributed by atoms with E-state index in [1.54, 1.807) is 26.0 Å². The molecular weight excluding hydrogens is 282 g/mol. The van der Waals surface area contributed by atoms with Crippen molar-refractivity contribution >= 4 is 11.8 Å². The Balaban J connectivity index is 2.22. The molecule has 2 fully saturated rings. The first kappa shape index (κ1) is 17.2. The van der Waals surface area contributed by atoms with Gasteiger partial charge in [-0.1, -0.05) is 0 Å². The highest BCUT2D eigenvalue weighted by molar-refractivity contribution is 5.78. The van der Waals surface area contributed by atoms with Crippen molar-refractivity contribution in [3.8, 4) is 0 Å². The van der Waals surface area contributed by atoms with Crippen LogP contribution in [-0.4, -0.2) is 73.1 Å². The van der Waals surface area contributed by atoms with Gasteiger partial charge in [0.1, 0.15) is 0 Å². The summed E-state index contributed by atoms with van der Waals surface area (Å²) in [4.78, 5) is 27.9. The predicted molar refractivity (Wildman–Crippen MR) is 84.5 cm³/mol. The molecule has 2 amide bonds. The molecule has 0 aliphatic carbocycles. The molecule has 0 aromatic heterocycles. The van der Waals surface area contributed by atoms with Gasteiger partial charge in [-0.15, -0.1) is 0 Å². The number of ether oxygens (including phenoxy) is 1. The summed E-state index contributed by atoms with van der Waals surface area (Å²) in [6.45, 7) is 5.42. The summed E-state index contributed by atoms with van der Waals surface area (Å²) in [6, 6.07) is 0. The summed E-state index contributed by atoms with van der Waals surface area (Å²) in [5.74, 6) is 0.0949. The van der Waals surface area contributed by atoms with E-state index in [9.17, 15) is 9.59 Å². The van der Waals surface area contributed by atoms with Crippen molar-refractivity contribution in [1.29, 1.82) is 0 Å². The molecule has 0 unspecified atom stereocenters. The van der Waals surface area contributed by atoms with Crippen LogP contribution in [0.4, 0.5) is 0 Å². The minimum atomic E-state index is -0.261. The summed E-state index contributed by atoms with van der Waals surface area (Å²) >= 11 is 0. The van der Waals surface area contributed by atoms with Crippen molar-refractivity contribution in [3.05, 3.63) is 0 Å². The van der Waals surface area contributed by atoms with E-state index in [0.29, 0.717) is 13.0 Å². The summed E-state index contributed by atoms with van der Waals surface area (Å²) in [6.07, 6.45) is 3.12. The van der Waals surface area contributed by atoms with Gasteiger partial charge in [-0.05, 0) is 39.7 Å². The number of nitrogens with zero attached hydrogens (tertiary/aromatic N) is 2. The number of amides is 2. The molecule has 2 aliphatic rings. The lowest BCUT2D eigenvalue weighted by atomic mass is 9.82. The first-order valence-corrected chi connectivity index (χ1v) is 8.04. The van der Waals surface area contributed by atoms with E-state index >= 15 is 0 Å². The van der Waals surface area contributed by atoms with E-state index in [0.717, 1.165) is 25.8 Å². The average molecular weight is 311 g/mol. The summed E-state index contributed by atoms with van der Waals surface area (Å²) in [5, 5.41) is 2.70. The van der Waals surface area contributed by atoms with Crippen LogP contribution in [0.1, 0.15) is 39.5 Å². The van der Waals surface area contributed by atoms with E-state index in [4.69, 9.17) is 4.74 Å². The maximum absolute atomic E-state index is 12.2. The third kappa shape index (κ3) is 3.27. The van der Waals surface area contributed by atoms with Crippen LogP contribution < -0.4 is 5.32 Å². The van der Waals surface area contributed by atoms with Crippen molar-refractivity contribution in [1.82, 2.24) is 15.1 Å². The highest BCUT2D eigenvalue weighted by atomic mass is 16.5. The van der Waals surface area contributed by atoms with Crippen molar-refractivity contribution < 1.29 is 14.3 Å². The molecule has 0 saturated carbocycles. The Bertz CT molecular complexity index is 450. The van der Waals surface area contributed by atoms with Crippen molar-refractivity contribution in [2.45, 2.75) is 56.8 Å². The molecule has 2 rings (SSSR count). The van der Waals surface area contributed by atoms with Crippen LogP contribution in [0.5, 0.6) is 0 Å². The van der Waals surface area contributed by atoms with Gasteiger partial charge in [-0.3, -0.25) is 14.5 Å². The smallest absolute Gasteiger partial charge is 0.233 e. The van der Waals surface area contributed by atoms with Crippen LogP contribution in [0, 0.1) is 0 Å².